The first kappa shape index (κ1) is 17.3. The van der Waals surface area contributed by atoms with Gasteiger partial charge in [0.05, 0.1) is 36.7 Å². The summed E-state index contributed by atoms with van der Waals surface area (Å²) in [5.74, 6) is -1.89. The first-order valence-electron chi connectivity index (χ1n) is 7.02. The van der Waals surface area contributed by atoms with Gasteiger partial charge < -0.3 is 19.7 Å². The van der Waals surface area contributed by atoms with E-state index in [1.807, 2.05) is 0 Å². The van der Waals surface area contributed by atoms with E-state index in [1.165, 1.54) is 28.1 Å². The number of para-hydroxylation sites is 1. The van der Waals surface area contributed by atoms with E-state index in [1.54, 1.807) is 18.2 Å². The molecule has 0 aliphatic rings. The van der Waals surface area contributed by atoms with E-state index in [-0.39, 0.29) is 33.8 Å². The molecule has 126 valence electrons. The molecule has 0 saturated carbocycles. The number of methoxy groups -OCH3 is 2. The van der Waals surface area contributed by atoms with Crippen LogP contribution in [-0.4, -0.2) is 41.4 Å². The molecule has 24 heavy (non-hydrogen) atoms. The summed E-state index contributed by atoms with van der Waals surface area (Å²) in [5, 5.41) is 19.2. The van der Waals surface area contributed by atoms with Crippen LogP contribution in [0.2, 0.25) is 0 Å². The molecule has 7 nitrogen and oxygen atoms in total. The SMILES string of the molecule is COc1cccc(-c2c(C(=O)O)c(C)nc(C)c2C(=O)O)c1OC. The summed E-state index contributed by atoms with van der Waals surface area (Å²) >= 11 is 0. The molecular formula is C17H17NO6. The lowest BCUT2D eigenvalue weighted by Crippen LogP contribution is -2.14. The number of hydrogen-bond acceptors (Lipinski definition) is 5. The first-order valence-corrected chi connectivity index (χ1v) is 7.02. The molecule has 2 N–H and O–H groups in total. The van der Waals surface area contributed by atoms with Gasteiger partial charge in [-0.1, -0.05) is 12.1 Å². The van der Waals surface area contributed by atoms with Crippen molar-refractivity contribution < 1.29 is 29.3 Å². The third-order valence-corrected chi connectivity index (χ3v) is 3.66. The molecule has 0 saturated heterocycles. The highest BCUT2D eigenvalue weighted by atomic mass is 16.5. The average Bonchev–Trinajstić information content (AvgIpc) is 2.52. The number of aromatic carboxylic acids is 2. The van der Waals surface area contributed by atoms with Gasteiger partial charge in [-0.15, -0.1) is 0 Å². The van der Waals surface area contributed by atoms with Crippen molar-refractivity contribution in [2.24, 2.45) is 0 Å². The maximum absolute atomic E-state index is 11.8. The lowest BCUT2D eigenvalue weighted by molar-refractivity contribution is 0.0695. The number of carboxylic acid groups (broad SMARTS) is 2. The van der Waals surface area contributed by atoms with Crippen LogP contribution in [0.15, 0.2) is 18.2 Å². The van der Waals surface area contributed by atoms with Crippen LogP contribution in [-0.2, 0) is 0 Å². The molecule has 0 aliphatic carbocycles. The minimum absolute atomic E-state index is 0.0516. The Hall–Kier alpha value is -3.09. The quantitative estimate of drug-likeness (QED) is 0.867. The summed E-state index contributed by atoms with van der Waals surface area (Å²) in [4.78, 5) is 27.6. The molecule has 0 unspecified atom stereocenters. The molecule has 0 fully saturated rings. The molecule has 2 rings (SSSR count). The second-order valence-electron chi connectivity index (χ2n) is 5.06. The summed E-state index contributed by atoms with van der Waals surface area (Å²) in [6.07, 6.45) is 0. The summed E-state index contributed by atoms with van der Waals surface area (Å²) in [7, 11) is 2.85. The van der Waals surface area contributed by atoms with Crippen molar-refractivity contribution >= 4 is 11.9 Å². The fourth-order valence-electron chi connectivity index (χ4n) is 2.73. The number of aromatic nitrogens is 1. The molecule has 2 aromatic rings. The van der Waals surface area contributed by atoms with Gasteiger partial charge >= 0.3 is 11.9 Å². The number of pyridine rings is 1. The molecule has 7 heteroatoms. The van der Waals surface area contributed by atoms with E-state index in [4.69, 9.17) is 9.47 Å². The fraction of sp³-hybridized carbons (Fsp3) is 0.235. The van der Waals surface area contributed by atoms with E-state index in [0.717, 1.165) is 0 Å². The smallest absolute Gasteiger partial charge is 0.338 e. The zero-order valence-corrected chi connectivity index (χ0v) is 13.7. The largest absolute Gasteiger partial charge is 0.493 e. The topological polar surface area (TPSA) is 106 Å². The van der Waals surface area contributed by atoms with Crippen molar-refractivity contribution in [3.63, 3.8) is 0 Å². The van der Waals surface area contributed by atoms with Gasteiger partial charge in [0, 0.05) is 11.1 Å². The monoisotopic (exact) mass is 331 g/mol. The van der Waals surface area contributed by atoms with Crippen molar-refractivity contribution in [3.05, 3.63) is 40.7 Å². The number of nitrogens with zero attached hydrogens (tertiary/aromatic N) is 1. The maximum Gasteiger partial charge on any atom is 0.338 e. The zero-order chi connectivity index (χ0) is 18.0. The number of carbonyl (C=O) groups is 2. The number of aryl methyl sites for hydroxylation is 2. The molecule has 0 atom stereocenters. The van der Waals surface area contributed by atoms with Crippen LogP contribution in [0.4, 0.5) is 0 Å². The fourth-order valence-corrected chi connectivity index (χ4v) is 2.73. The Bertz CT molecular complexity index is 790. The molecule has 1 aromatic heterocycles. The van der Waals surface area contributed by atoms with Crippen molar-refractivity contribution in [1.29, 1.82) is 0 Å². The van der Waals surface area contributed by atoms with Crippen molar-refractivity contribution in [2.45, 2.75) is 13.8 Å². The van der Waals surface area contributed by atoms with Gasteiger partial charge in [0.15, 0.2) is 11.5 Å². The second-order valence-corrected chi connectivity index (χ2v) is 5.06. The summed E-state index contributed by atoms with van der Waals surface area (Å²) in [6, 6.07) is 4.87. The Balaban J connectivity index is 3.03. The van der Waals surface area contributed by atoms with Gasteiger partial charge in [-0.3, -0.25) is 4.98 Å². The van der Waals surface area contributed by atoms with Gasteiger partial charge in [-0.05, 0) is 19.9 Å². The van der Waals surface area contributed by atoms with E-state index >= 15 is 0 Å². The average molecular weight is 331 g/mol. The van der Waals surface area contributed by atoms with Gasteiger partial charge in [0.1, 0.15) is 0 Å². The van der Waals surface area contributed by atoms with Gasteiger partial charge in [0.25, 0.3) is 0 Å². The van der Waals surface area contributed by atoms with Gasteiger partial charge in [-0.25, -0.2) is 9.59 Å². The molecule has 0 aliphatic heterocycles. The predicted molar refractivity (Wildman–Crippen MR) is 86.2 cm³/mol. The zero-order valence-electron chi connectivity index (χ0n) is 13.7. The number of benzene rings is 1. The lowest BCUT2D eigenvalue weighted by atomic mass is 9.91. The van der Waals surface area contributed by atoms with Gasteiger partial charge in [-0.2, -0.15) is 0 Å². The molecule has 0 spiro atoms. The molecule has 0 bridgehead atoms. The highest BCUT2D eigenvalue weighted by Gasteiger charge is 2.28. The Morgan fingerprint density at radius 1 is 0.958 bits per heavy atom. The number of carboxylic acids is 2. The van der Waals surface area contributed by atoms with E-state index in [9.17, 15) is 19.8 Å². The van der Waals surface area contributed by atoms with Crippen LogP contribution < -0.4 is 9.47 Å². The van der Waals surface area contributed by atoms with Crippen LogP contribution in [0.5, 0.6) is 11.5 Å². The second kappa shape index (κ2) is 6.57. The highest BCUT2D eigenvalue weighted by molar-refractivity contribution is 6.07. The van der Waals surface area contributed by atoms with Crippen LogP contribution in [0.3, 0.4) is 0 Å². The molecule has 1 heterocycles. The minimum atomic E-state index is -1.26. The van der Waals surface area contributed by atoms with Crippen molar-refractivity contribution in [2.75, 3.05) is 14.2 Å². The molecule has 0 amide bonds. The summed E-state index contributed by atoms with van der Waals surface area (Å²) in [5.41, 5.74) is 0.472. The molecular weight excluding hydrogens is 314 g/mol. The Labute approximate surface area is 138 Å². The van der Waals surface area contributed by atoms with Gasteiger partial charge in [0.2, 0.25) is 0 Å². The third-order valence-electron chi connectivity index (χ3n) is 3.66. The molecule has 1 aromatic carbocycles. The van der Waals surface area contributed by atoms with E-state index in [2.05, 4.69) is 4.98 Å². The maximum atomic E-state index is 11.8. The highest BCUT2D eigenvalue weighted by Crippen LogP contribution is 2.42. The standard InChI is InChI=1S/C17H17NO6/c1-8-12(16(19)20)14(13(17(21)22)9(2)18-8)10-6-5-7-11(23-3)15(10)24-4/h5-7H,1-4H3,(H,19,20)(H,21,22). The van der Waals surface area contributed by atoms with Crippen molar-refractivity contribution in [3.8, 4) is 22.6 Å². The Kier molecular flexibility index (Phi) is 4.73. The van der Waals surface area contributed by atoms with Crippen LogP contribution in [0.25, 0.3) is 11.1 Å². The lowest BCUT2D eigenvalue weighted by Gasteiger charge is -2.18. The normalized spacial score (nSPS) is 10.3. The van der Waals surface area contributed by atoms with Crippen LogP contribution in [0.1, 0.15) is 32.1 Å². The Morgan fingerprint density at radius 3 is 1.92 bits per heavy atom. The minimum Gasteiger partial charge on any atom is -0.493 e. The number of hydrogen-bond donors (Lipinski definition) is 2. The first-order chi connectivity index (χ1) is 11.3. The van der Waals surface area contributed by atoms with Crippen molar-refractivity contribution in [1.82, 2.24) is 4.98 Å². The summed E-state index contributed by atoms with van der Waals surface area (Å²) in [6.45, 7) is 3.05. The number of ether oxygens (including phenoxy) is 2. The van der Waals surface area contributed by atoms with Crippen LogP contribution in [0, 0.1) is 13.8 Å². The third kappa shape index (κ3) is 2.76. The molecule has 0 radical (unpaired) electrons. The predicted octanol–water partition coefficient (Wildman–Crippen LogP) is 2.78. The summed E-state index contributed by atoms with van der Waals surface area (Å²) < 4.78 is 10.6. The Morgan fingerprint density at radius 2 is 1.50 bits per heavy atom. The van der Waals surface area contributed by atoms with E-state index in [0.29, 0.717) is 11.3 Å². The van der Waals surface area contributed by atoms with E-state index < -0.39 is 11.9 Å². The van der Waals surface area contributed by atoms with Crippen LogP contribution >= 0.6 is 0 Å². The number of rotatable bonds is 5.